The predicted molar refractivity (Wildman–Crippen MR) is 73.5 cm³/mol. The van der Waals surface area contributed by atoms with Gasteiger partial charge >= 0.3 is 6.09 Å². The highest BCUT2D eigenvalue weighted by Gasteiger charge is 2.16. The summed E-state index contributed by atoms with van der Waals surface area (Å²) in [4.78, 5) is 11.5. The maximum atomic E-state index is 11.5. The largest absolute Gasteiger partial charge is 0.444 e. The molecule has 0 aromatic heterocycles. The molecule has 3 nitrogen and oxygen atoms in total. The predicted octanol–water partition coefficient (Wildman–Crippen LogP) is 3.82. The Morgan fingerprint density at radius 1 is 1.44 bits per heavy atom. The molecule has 1 amide bonds. The maximum Gasteiger partial charge on any atom is 0.412 e. The molecule has 0 atom stereocenters. The summed E-state index contributed by atoms with van der Waals surface area (Å²) < 4.78 is 6.12. The number of ether oxygens (including phenoxy) is 1. The summed E-state index contributed by atoms with van der Waals surface area (Å²) >= 11 is 2.15. The Kier molecular flexibility index (Phi) is 4.18. The zero-order valence-electron chi connectivity index (χ0n) is 9.63. The van der Waals surface area contributed by atoms with Gasteiger partial charge in [0.25, 0.3) is 0 Å². The second-order valence-electron chi connectivity index (χ2n) is 4.44. The first-order valence-corrected chi connectivity index (χ1v) is 5.97. The molecule has 1 rings (SSSR count). The second-order valence-corrected chi connectivity index (χ2v) is 5.60. The molecule has 0 aliphatic heterocycles. The molecule has 0 aliphatic carbocycles. The van der Waals surface area contributed by atoms with Crippen molar-refractivity contribution in [3.8, 4) is 0 Å². The van der Waals surface area contributed by atoms with Crippen molar-refractivity contribution in [2.45, 2.75) is 26.4 Å². The molecular weight excluding hydrogens is 317 g/mol. The summed E-state index contributed by atoms with van der Waals surface area (Å²) in [7, 11) is 0. The number of rotatable bonds is 1. The molecule has 16 heavy (non-hydrogen) atoms. The number of carbonyl (C=O) groups excluding carboxylic acids is 1. The summed E-state index contributed by atoms with van der Waals surface area (Å²) in [5.41, 5.74) is 1.09. The maximum absolute atomic E-state index is 11.5. The first-order valence-electron chi connectivity index (χ1n) is 4.89. The summed E-state index contributed by atoms with van der Waals surface area (Å²) in [6.07, 6.45) is -0.448. The SMILES string of the molecule is [CH2]c1ccc(I)c(NC(=O)OC(C)(C)C)c1. The molecule has 0 aliphatic rings. The lowest BCUT2D eigenvalue weighted by molar-refractivity contribution is 0.0636. The Morgan fingerprint density at radius 2 is 2.06 bits per heavy atom. The first kappa shape index (κ1) is 13.3. The van der Waals surface area contributed by atoms with Crippen molar-refractivity contribution in [3.05, 3.63) is 34.3 Å². The number of amides is 1. The van der Waals surface area contributed by atoms with Crippen LogP contribution in [0.2, 0.25) is 0 Å². The van der Waals surface area contributed by atoms with Crippen molar-refractivity contribution in [3.63, 3.8) is 0 Å². The number of nitrogens with one attached hydrogen (secondary N) is 1. The molecule has 0 fully saturated rings. The number of hydrogen-bond acceptors (Lipinski definition) is 2. The van der Waals surface area contributed by atoms with E-state index >= 15 is 0 Å². The quantitative estimate of drug-likeness (QED) is 0.794. The molecule has 1 radical (unpaired) electrons. The van der Waals surface area contributed by atoms with Gasteiger partial charge < -0.3 is 4.74 Å². The van der Waals surface area contributed by atoms with Gasteiger partial charge in [0.05, 0.1) is 5.69 Å². The summed E-state index contributed by atoms with van der Waals surface area (Å²) in [6, 6.07) is 5.60. The molecule has 0 saturated carbocycles. The number of anilines is 1. The van der Waals surface area contributed by atoms with Crippen LogP contribution in [0.25, 0.3) is 0 Å². The van der Waals surface area contributed by atoms with Crippen LogP contribution in [0, 0.1) is 10.5 Å². The summed E-state index contributed by atoms with van der Waals surface area (Å²) in [5.74, 6) is 0. The van der Waals surface area contributed by atoms with Gasteiger partial charge in [0.2, 0.25) is 0 Å². The van der Waals surface area contributed by atoms with Crippen LogP contribution in [0.15, 0.2) is 18.2 Å². The van der Waals surface area contributed by atoms with Crippen molar-refractivity contribution < 1.29 is 9.53 Å². The van der Waals surface area contributed by atoms with Gasteiger partial charge in [0, 0.05) is 3.57 Å². The highest BCUT2D eigenvalue weighted by molar-refractivity contribution is 14.1. The van der Waals surface area contributed by atoms with Crippen molar-refractivity contribution in [2.24, 2.45) is 0 Å². The molecule has 0 heterocycles. The van der Waals surface area contributed by atoms with Crippen LogP contribution in [-0.4, -0.2) is 11.7 Å². The normalized spacial score (nSPS) is 11.1. The Hall–Kier alpha value is -0.780. The molecule has 0 spiro atoms. The van der Waals surface area contributed by atoms with Crippen molar-refractivity contribution in [2.75, 3.05) is 5.32 Å². The average Bonchev–Trinajstić information content (AvgIpc) is 2.08. The van der Waals surface area contributed by atoms with Gasteiger partial charge in [0.15, 0.2) is 0 Å². The highest BCUT2D eigenvalue weighted by Crippen LogP contribution is 2.20. The third-order valence-corrected chi connectivity index (χ3v) is 2.61. The van der Waals surface area contributed by atoms with E-state index in [0.29, 0.717) is 0 Å². The van der Waals surface area contributed by atoms with E-state index in [1.807, 2.05) is 39.0 Å². The van der Waals surface area contributed by atoms with Gasteiger partial charge in [-0.3, -0.25) is 5.32 Å². The van der Waals surface area contributed by atoms with Crippen molar-refractivity contribution in [1.29, 1.82) is 0 Å². The monoisotopic (exact) mass is 332 g/mol. The van der Waals surface area contributed by atoms with Gasteiger partial charge in [-0.2, -0.15) is 0 Å². The van der Waals surface area contributed by atoms with Crippen molar-refractivity contribution in [1.82, 2.24) is 0 Å². The topological polar surface area (TPSA) is 38.3 Å². The lowest BCUT2D eigenvalue weighted by Crippen LogP contribution is -2.27. The smallest absolute Gasteiger partial charge is 0.412 e. The Labute approximate surface area is 110 Å². The van der Waals surface area contributed by atoms with E-state index in [9.17, 15) is 4.79 Å². The lowest BCUT2D eigenvalue weighted by Gasteiger charge is -2.20. The molecule has 0 bridgehead atoms. The minimum atomic E-state index is -0.488. The van der Waals surface area contributed by atoms with Crippen molar-refractivity contribution >= 4 is 34.4 Å². The number of benzene rings is 1. The third-order valence-electron chi connectivity index (χ3n) is 1.67. The van der Waals surface area contributed by atoms with E-state index in [1.54, 1.807) is 0 Å². The van der Waals surface area contributed by atoms with Gasteiger partial charge in [-0.15, -0.1) is 0 Å². The van der Waals surface area contributed by atoms with Crippen LogP contribution in [0.5, 0.6) is 0 Å². The molecule has 0 saturated heterocycles. The molecular formula is C12H15INO2. The van der Waals surface area contributed by atoms with Crippen LogP contribution < -0.4 is 5.32 Å². The number of carbonyl (C=O) groups is 1. The van der Waals surface area contributed by atoms with E-state index in [-0.39, 0.29) is 0 Å². The van der Waals surface area contributed by atoms with Crippen LogP contribution in [0.1, 0.15) is 26.3 Å². The minimum Gasteiger partial charge on any atom is -0.444 e. The van der Waals surface area contributed by atoms with Crippen LogP contribution in [0.3, 0.4) is 0 Å². The van der Waals surface area contributed by atoms with Crippen LogP contribution in [-0.2, 0) is 4.74 Å². The Bertz CT molecular complexity index is 396. The Morgan fingerprint density at radius 3 is 2.62 bits per heavy atom. The summed E-state index contributed by atoms with van der Waals surface area (Å²) in [6.45, 7) is 9.29. The van der Waals surface area contributed by atoms with E-state index in [1.165, 1.54) is 0 Å². The highest BCUT2D eigenvalue weighted by atomic mass is 127. The first-order chi connectivity index (χ1) is 7.28. The molecule has 4 heteroatoms. The van der Waals surface area contributed by atoms with Gasteiger partial charge in [-0.25, -0.2) is 4.79 Å². The van der Waals surface area contributed by atoms with Gasteiger partial charge in [0.1, 0.15) is 5.60 Å². The number of hydrogen-bond donors (Lipinski definition) is 1. The Balaban J connectivity index is 2.73. The van der Waals surface area contributed by atoms with Crippen LogP contribution in [0.4, 0.5) is 10.5 Å². The second kappa shape index (κ2) is 5.03. The molecule has 1 aromatic carbocycles. The molecule has 1 N–H and O–H groups in total. The fourth-order valence-electron chi connectivity index (χ4n) is 1.08. The average molecular weight is 332 g/mol. The standard InChI is InChI=1S/C12H15INO2/c1-8-5-6-9(13)10(7-8)14-11(15)16-12(2,3)4/h5-7H,1H2,2-4H3,(H,14,15). The van der Waals surface area contributed by atoms with Gasteiger partial charge in [-0.05, 0) is 68.0 Å². The van der Waals surface area contributed by atoms with Crippen LogP contribution >= 0.6 is 22.6 Å². The van der Waals surface area contributed by atoms with E-state index in [4.69, 9.17) is 4.74 Å². The number of halogens is 1. The molecule has 87 valence electrons. The van der Waals surface area contributed by atoms with Gasteiger partial charge in [-0.1, -0.05) is 6.07 Å². The van der Waals surface area contributed by atoms with E-state index in [0.717, 1.165) is 14.8 Å². The fraction of sp³-hybridized carbons (Fsp3) is 0.333. The molecule has 1 aromatic rings. The fourth-order valence-corrected chi connectivity index (χ4v) is 1.55. The molecule has 0 unspecified atom stereocenters. The minimum absolute atomic E-state index is 0.448. The van der Waals surface area contributed by atoms with E-state index in [2.05, 4.69) is 34.8 Å². The zero-order valence-corrected chi connectivity index (χ0v) is 11.8. The summed E-state index contributed by atoms with van der Waals surface area (Å²) in [5, 5.41) is 2.70. The third kappa shape index (κ3) is 4.38. The lowest BCUT2D eigenvalue weighted by atomic mass is 10.2. The zero-order chi connectivity index (χ0) is 12.3. The van der Waals surface area contributed by atoms with E-state index < -0.39 is 11.7 Å².